The monoisotopic (exact) mass is 381 g/mol. The van der Waals surface area contributed by atoms with Crippen molar-refractivity contribution in [3.8, 4) is 11.5 Å². The first-order valence-electron chi connectivity index (χ1n) is 8.40. The number of ether oxygens (including phenoxy) is 2. The highest BCUT2D eigenvalue weighted by Crippen LogP contribution is 2.37. The molecule has 0 aliphatic carbocycles. The summed E-state index contributed by atoms with van der Waals surface area (Å²) in [6.07, 6.45) is 2.04. The summed E-state index contributed by atoms with van der Waals surface area (Å²) in [5.74, 6) is 1.11. The number of aliphatic hydroxyl groups excluding tert-OH is 1. The van der Waals surface area contributed by atoms with E-state index >= 15 is 0 Å². The van der Waals surface area contributed by atoms with Crippen LogP contribution in [0.4, 0.5) is 0 Å². The third-order valence-electron chi connectivity index (χ3n) is 3.72. The molecule has 7 heteroatoms. The number of benzene rings is 1. The van der Waals surface area contributed by atoms with Gasteiger partial charge in [-0.05, 0) is 38.1 Å². The molecule has 0 fully saturated rings. The van der Waals surface area contributed by atoms with Gasteiger partial charge in [-0.2, -0.15) is 0 Å². The van der Waals surface area contributed by atoms with Crippen molar-refractivity contribution in [1.29, 1.82) is 0 Å². The molecule has 1 atom stereocenters. The molecule has 0 aliphatic rings. The van der Waals surface area contributed by atoms with Gasteiger partial charge in [-0.1, -0.05) is 11.6 Å². The summed E-state index contributed by atoms with van der Waals surface area (Å²) < 4.78 is 16.2. The van der Waals surface area contributed by atoms with Crippen molar-refractivity contribution in [2.45, 2.75) is 26.4 Å². The lowest BCUT2D eigenvalue weighted by Crippen LogP contribution is -2.31. The molecule has 2 N–H and O–H groups in total. The summed E-state index contributed by atoms with van der Waals surface area (Å²) in [5, 5.41) is 12.6. The van der Waals surface area contributed by atoms with Crippen LogP contribution >= 0.6 is 11.6 Å². The second kappa shape index (κ2) is 9.50. The van der Waals surface area contributed by atoms with Crippen LogP contribution in [0.25, 0.3) is 0 Å². The fourth-order valence-electron chi connectivity index (χ4n) is 2.45. The molecule has 0 unspecified atom stereocenters. The molecule has 26 heavy (non-hydrogen) atoms. The van der Waals surface area contributed by atoms with Gasteiger partial charge < -0.3 is 24.3 Å². The van der Waals surface area contributed by atoms with Gasteiger partial charge in [0.25, 0.3) is 5.91 Å². The van der Waals surface area contributed by atoms with Crippen LogP contribution in [-0.2, 0) is 6.42 Å². The molecule has 0 saturated carbocycles. The zero-order chi connectivity index (χ0) is 19.1. The van der Waals surface area contributed by atoms with Gasteiger partial charge in [0.2, 0.25) is 0 Å². The molecule has 0 saturated heterocycles. The van der Waals surface area contributed by atoms with Crippen LogP contribution in [0.2, 0.25) is 5.02 Å². The Balaban J connectivity index is 2.05. The Kier molecular flexibility index (Phi) is 7.36. The Labute approximate surface area is 158 Å². The number of amides is 1. The molecule has 2 aromatic rings. The van der Waals surface area contributed by atoms with Gasteiger partial charge in [-0.15, -0.1) is 0 Å². The van der Waals surface area contributed by atoms with E-state index in [1.807, 2.05) is 19.9 Å². The topological polar surface area (TPSA) is 80.9 Å². The van der Waals surface area contributed by atoms with Crippen LogP contribution in [0.3, 0.4) is 0 Å². The first-order valence-corrected chi connectivity index (χ1v) is 8.78. The minimum atomic E-state index is -0.306. The number of rotatable bonds is 9. The summed E-state index contributed by atoms with van der Waals surface area (Å²) in [5.41, 5.74) is 0.359. The van der Waals surface area contributed by atoms with Crippen LogP contribution in [0, 0.1) is 5.92 Å². The molecule has 6 nitrogen and oxygen atoms in total. The van der Waals surface area contributed by atoms with Crippen LogP contribution in [0.1, 0.15) is 30.0 Å². The minimum Gasteiger partial charge on any atom is -0.493 e. The number of methoxy groups -OCH3 is 1. The molecule has 0 bridgehead atoms. The maximum Gasteiger partial charge on any atom is 0.251 e. The smallest absolute Gasteiger partial charge is 0.251 e. The molecule has 1 amide bonds. The van der Waals surface area contributed by atoms with Crippen molar-refractivity contribution in [3.05, 3.63) is 46.9 Å². The highest BCUT2D eigenvalue weighted by molar-refractivity contribution is 6.32. The predicted molar refractivity (Wildman–Crippen MR) is 99.1 cm³/mol. The molecule has 1 heterocycles. The van der Waals surface area contributed by atoms with Gasteiger partial charge in [0.05, 0.1) is 24.5 Å². The Hall–Kier alpha value is -2.18. The number of furan rings is 1. The Bertz CT molecular complexity index is 715. The van der Waals surface area contributed by atoms with Crippen LogP contribution in [0.5, 0.6) is 11.5 Å². The zero-order valence-electron chi connectivity index (χ0n) is 15.1. The lowest BCUT2D eigenvalue weighted by Gasteiger charge is -2.17. The molecular weight excluding hydrogens is 358 g/mol. The third-order valence-corrected chi connectivity index (χ3v) is 4.01. The lowest BCUT2D eigenvalue weighted by molar-refractivity contribution is 0.0938. The van der Waals surface area contributed by atoms with E-state index in [-0.39, 0.29) is 24.5 Å². The number of halogens is 1. The van der Waals surface area contributed by atoms with Crippen LogP contribution < -0.4 is 14.8 Å². The SMILES string of the molecule is COc1cc(C(=O)NC[C@H](CO)Cc2ccco2)cc(Cl)c1OC(C)C. The molecule has 0 aliphatic heterocycles. The number of hydrogen-bond donors (Lipinski definition) is 2. The number of nitrogens with one attached hydrogen (secondary N) is 1. The Morgan fingerprint density at radius 2 is 2.15 bits per heavy atom. The standard InChI is InChI=1S/C19H24ClNO5/c1-12(2)26-18-16(20)8-14(9-17(18)24-3)19(23)21-10-13(11-22)7-15-5-4-6-25-15/h4-6,8-9,12-13,22H,7,10-11H2,1-3H3,(H,21,23)/t13-/m1/s1. The summed E-state index contributed by atoms with van der Waals surface area (Å²) in [6, 6.07) is 6.75. The maximum absolute atomic E-state index is 12.5. The average molecular weight is 382 g/mol. The highest BCUT2D eigenvalue weighted by atomic mass is 35.5. The molecule has 1 aromatic heterocycles. The predicted octanol–water partition coefficient (Wildman–Crippen LogP) is 3.31. The number of carbonyl (C=O) groups is 1. The number of aliphatic hydroxyl groups is 1. The number of carbonyl (C=O) groups excluding carboxylic acids is 1. The van der Waals surface area contributed by atoms with E-state index in [9.17, 15) is 9.90 Å². The van der Waals surface area contributed by atoms with Gasteiger partial charge in [-0.3, -0.25) is 4.79 Å². The van der Waals surface area contributed by atoms with Crippen molar-refractivity contribution in [2.24, 2.45) is 5.92 Å². The van der Waals surface area contributed by atoms with E-state index in [0.29, 0.717) is 35.1 Å². The van der Waals surface area contributed by atoms with Gasteiger partial charge >= 0.3 is 0 Å². The molecule has 2 rings (SSSR count). The van der Waals surface area contributed by atoms with Crippen molar-refractivity contribution in [1.82, 2.24) is 5.32 Å². The molecular formula is C19H24ClNO5. The molecule has 142 valence electrons. The van der Waals surface area contributed by atoms with E-state index in [4.69, 9.17) is 25.5 Å². The second-order valence-corrected chi connectivity index (χ2v) is 6.61. The number of hydrogen-bond acceptors (Lipinski definition) is 5. The second-order valence-electron chi connectivity index (χ2n) is 6.20. The fraction of sp³-hybridized carbons (Fsp3) is 0.421. The van der Waals surface area contributed by atoms with E-state index in [0.717, 1.165) is 5.76 Å². The summed E-state index contributed by atoms with van der Waals surface area (Å²) >= 11 is 6.25. The molecule has 1 aromatic carbocycles. The largest absolute Gasteiger partial charge is 0.493 e. The maximum atomic E-state index is 12.5. The quantitative estimate of drug-likeness (QED) is 0.696. The Morgan fingerprint density at radius 1 is 1.38 bits per heavy atom. The van der Waals surface area contributed by atoms with Crippen molar-refractivity contribution in [2.75, 3.05) is 20.3 Å². The van der Waals surface area contributed by atoms with Gasteiger partial charge in [0.15, 0.2) is 11.5 Å². The first kappa shape index (κ1) is 20.1. The Morgan fingerprint density at radius 3 is 2.73 bits per heavy atom. The van der Waals surface area contributed by atoms with Gasteiger partial charge in [0.1, 0.15) is 5.76 Å². The van der Waals surface area contributed by atoms with Gasteiger partial charge in [0, 0.05) is 31.1 Å². The molecule has 0 spiro atoms. The first-order chi connectivity index (χ1) is 12.4. The summed E-state index contributed by atoms with van der Waals surface area (Å²) in [7, 11) is 1.49. The van der Waals surface area contributed by atoms with E-state index in [1.54, 1.807) is 18.4 Å². The lowest BCUT2D eigenvalue weighted by atomic mass is 10.0. The zero-order valence-corrected chi connectivity index (χ0v) is 15.9. The van der Waals surface area contributed by atoms with Crippen molar-refractivity contribution in [3.63, 3.8) is 0 Å². The van der Waals surface area contributed by atoms with E-state index in [2.05, 4.69) is 5.32 Å². The normalized spacial score (nSPS) is 12.1. The third kappa shape index (κ3) is 5.41. The summed E-state index contributed by atoms with van der Waals surface area (Å²) in [6.45, 7) is 4.00. The van der Waals surface area contributed by atoms with Crippen molar-refractivity contribution < 1.29 is 23.8 Å². The average Bonchev–Trinajstić information content (AvgIpc) is 3.12. The molecule has 0 radical (unpaired) electrons. The van der Waals surface area contributed by atoms with Crippen LogP contribution in [-0.4, -0.2) is 37.4 Å². The van der Waals surface area contributed by atoms with E-state index in [1.165, 1.54) is 13.2 Å². The van der Waals surface area contributed by atoms with Gasteiger partial charge in [-0.25, -0.2) is 0 Å². The fourth-order valence-corrected chi connectivity index (χ4v) is 2.71. The summed E-state index contributed by atoms with van der Waals surface area (Å²) in [4.78, 5) is 12.5. The highest BCUT2D eigenvalue weighted by Gasteiger charge is 2.18. The van der Waals surface area contributed by atoms with Crippen molar-refractivity contribution >= 4 is 17.5 Å². The minimum absolute atomic E-state index is 0.0633. The van der Waals surface area contributed by atoms with Crippen LogP contribution in [0.15, 0.2) is 34.9 Å². The van der Waals surface area contributed by atoms with E-state index < -0.39 is 0 Å².